The summed E-state index contributed by atoms with van der Waals surface area (Å²) in [6.45, 7) is 0.210. The second-order valence-corrected chi connectivity index (χ2v) is 10.5. The SMILES string of the molecule is O=C(Nc1nc(-c2ccc(Cl)cc2Cl)cs1)C1CCCN1S(=O)(=O)c1ccc(F)cc1. The van der Waals surface area contributed by atoms with Crippen LogP contribution < -0.4 is 5.32 Å². The monoisotopic (exact) mass is 499 g/mol. The van der Waals surface area contributed by atoms with E-state index in [1.165, 1.54) is 23.5 Å². The maximum absolute atomic E-state index is 13.2. The van der Waals surface area contributed by atoms with E-state index in [0.717, 1.165) is 16.4 Å². The van der Waals surface area contributed by atoms with Gasteiger partial charge in [0.15, 0.2) is 5.13 Å². The van der Waals surface area contributed by atoms with Crippen molar-refractivity contribution in [2.45, 2.75) is 23.8 Å². The molecule has 11 heteroatoms. The zero-order valence-electron chi connectivity index (χ0n) is 15.9. The number of thiazole rings is 1. The van der Waals surface area contributed by atoms with Crippen LogP contribution in [0, 0.1) is 5.82 Å². The second-order valence-electron chi connectivity index (χ2n) is 6.88. The molecule has 3 aromatic rings. The first-order chi connectivity index (χ1) is 14.8. The zero-order chi connectivity index (χ0) is 22.2. The summed E-state index contributed by atoms with van der Waals surface area (Å²) in [4.78, 5) is 17.2. The van der Waals surface area contributed by atoms with Gasteiger partial charge in [-0.05, 0) is 55.3 Å². The molecule has 1 atom stereocenters. The second kappa shape index (κ2) is 8.84. The first kappa shape index (κ1) is 22.2. The van der Waals surface area contributed by atoms with Gasteiger partial charge >= 0.3 is 0 Å². The molecule has 1 aliphatic rings. The first-order valence-electron chi connectivity index (χ1n) is 9.25. The van der Waals surface area contributed by atoms with Crippen LogP contribution in [-0.2, 0) is 14.8 Å². The highest BCUT2D eigenvalue weighted by atomic mass is 35.5. The minimum absolute atomic E-state index is 0.0532. The molecule has 2 aromatic carbocycles. The van der Waals surface area contributed by atoms with Crippen molar-refractivity contribution in [2.75, 3.05) is 11.9 Å². The molecule has 1 aromatic heterocycles. The lowest BCUT2D eigenvalue weighted by molar-refractivity contribution is -0.119. The first-order valence-corrected chi connectivity index (χ1v) is 12.3. The smallest absolute Gasteiger partial charge is 0.244 e. The van der Waals surface area contributed by atoms with Crippen molar-refractivity contribution >= 4 is 55.6 Å². The topological polar surface area (TPSA) is 79.4 Å². The Hall–Kier alpha value is -2.04. The molecule has 1 aliphatic heterocycles. The van der Waals surface area contributed by atoms with E-state index in [0.29, 0.717) is 39.3 Å². The Bertz CT molecular complexity index is 1230. The number of amides is 1. The summed E-state index contributed by atoms with van der Waals surface area (Å²) >= 11 is 13.3. The summed E-state index contributed by atoms with van der Waals surface area (Å²) in [5, 5.41) is 5.71. The third kappa shape index (κ3) is 4.61. The van der Waals surface area contributed by atoms with E-state index in [-0.39, 0.29) is 11.4 Å². The number of anilines is 1. The molecule has 1 N–H and O–H groups in total. The normalized spacial score (nSPS) is 17.1. The lowest BCUT2D eigenvalue weighted by atomic mass is 10.2. The van der Waals surface area contributed by atoms with E-state index in [2.05, 4.69) is 10.3 Å². The van der Waals surface area contributed by atoms with Gasteiger partial charge in [-0.1, -0.05) is 23.2 Å². The molecule has 0 bridgehead atoms. The molecular weight excluding hydrogens is 484 g/mol. The summed E-state index contributed by atoms with van der Waals surface area (Å²) in [7, 11) is -3.93. The Labute approximate surface area is 192 Å². The number of benzene rings is 2. The van der Waals surface area contributed by atoms with Crippen molar-refractivity contribution in [1.29, 1.82) is 0 Å². The van der Waals surface area contributed by atoms with Gasteiger partial charge in [0.1, 0.15) is 11.9 Å². The Morgan fingerprint density at radius 2 is 1.94 bits per heavy atom. The van der Waals surface area contributed by atoms with Crippen molar-refractivity contribution in [3.63, 3.8) is 0 Å². The fourth-order valence-corrected chi connectivity index (χ4v) is 6.25. The quantitative estimate of drug-likeness (QED) is 0.532. The van der Waals surface area contributed by atoms with Gasteiger partial charge in [-0.2, -0.15) is 4.31 Å². The highest BCUT2D eigenvalue weighted by molar-refractivity contribution is 7.89. The van der Waals surface area contributed by atoms with Crippen LogP contribution in [0.1, 0.15) is 12.8 Å². The molecule has 31 heavy (non-hydrogen) atoms. The standard InChI is InChI=1S/C20H16Cl2FN3O3S2/c21-12-3-8-15(16(22)10-12)17-11-30-20(24-17)25-19(27)18-2-1-9-26(18)31(28,29)14-6-4-13(23)5-7-14/h3-8,10-11,18H,1-2,9H2,(H,24,25,27). The van der Waals surface area contributed by atoms with E-state index >= 15 is 0 Å². The van der Waals surface area contributed by atoms with Crippen LogP contribution in [0.4, 0.5) is 9.52 Å². The molecule has 162 valence electrons. The van der Waals surface area contributed by atoms with Gasteiger partial charge < -0.3 is 5.32 Å². The molecule has 2 heterocycles. The van der Waals surface area contributed by atoms with E-state index < -0.39 is 27.8 Å². The average molecular weight is 500 g/mol. The predicted octanol–water partition coefficient (Wildman–Crippen LogP) is 5.05. The third-order valence-corrected chi connectivity index (χ3v) is 8.10. The number of aromatic nitrogens is 1. The molecule has 1 saturated heterocycles. The summed E-state index contributed by atoms with van der Waals surface area (Å²) in [5.41, 5.74) is 1.24. The van der Waals surface area contributed by atoms with Gasteiger partial charge in [-0.3, -0.25) is 4.79 Å². The molecule has 0 aliphatic carbocycles. The van der Waals surface area contributed by atoms with Crippen LogP contribution in [0.15, 0.2) is 52.7 Å². The highest BCUT2D eigenvalue weighted by Gasteiger charge is 2.39. The molecule has 4 rings (SSSR count). The molecule has 1 fully saturated rings. The number of sulfonamides is 1. The van der Waals surface area contributed by atoms with Crippen LogP contribution in [0.3, 0.4) is 0 Å². The largest absolute Gasteiger partial charge is 0.301 e. The van der Waals surface area contributed by atoms with E-state index in [9.17, 15) is 17.6 Å². The van der Waals surface area contributed by atoms with Crippen molar-refractivity contribution < 1.29 is 17.6 Å². The Morgan fingerprint density at radius 1 is 1.19 bits per heavy atom. The summed E-state index contributed by atoms with van der Waals surface area (Å²) in [5.74, 6) is -0.999. The highest BCUT2D eigenvalue weighted by Crippen LogP contribution is 2.33. The lowest BCUT2D eigenvalue weighted by Crippen LogP contribution is -2.43. The van der Waals surface area contributed by atoms with Gasteiger partial charge in [-0.25, -0.2) is 17.8 Å². The van der Waals surface area contributed by atoms with Gasteiger partial charge in [0.2, 0.25) is 15.9 Å². The van der Waals surface area contributed by atoms with Gasteiger partial charge in [0.25, 0.3) is 0 Å². The van der Waals surface area contributed by atoms with Crippen molar-refractivity contribution in [3.05, 3.63) is 63.7 Å². The Morgan fingerprint density at radius 3 is 2.65 bits per heavy atom. The minimum atomic E-state index is -3.93. The maximum atomic E-state index is 13.2. The number of hydrogen-bond acceptors (Lipinski definition) is 5. The fourth-order valence-electron chi connectivity index (χ4n) is 3.37. The molecule has 6 nitrogen and oxygen atoms in total. The van der Waals surface area contributed by atoms with Crippen LogP contribution >= 0.6 is 34.5 Å². The van der Waals surface area contributed by atoms with Gasteiger partial charge in [0.05, 0.1) is 15.6 Å². The van der Waals surface area contributed by atoms with E-state index in [4.69, 9.17) is 23.2 Å². The van der Waals surface area contributed by atoms with Crippen molar-refractivity contribution in [2.24, 2.45) is 0 Å². The maximum Gasteiger partial charge on any atom is 0.244 e. The number of hydrogen-bond donors (Lipinski definition) is 1. The molecular formula is C20H16Cl2FN3O3S2. The predicted molar refractivity (Wildman–Crippen MR) is 120 cm³/mol. The van der Waals surface area contributed by atoms with Crippen molar-refractivity contribution in [1.82, 2.24) is 9.29 Å². The average Bonchev–Trinajstić information content (AvgIpc) is 3.38. The Balaban J connectivity index is 1.52. The third-order valence-electron chi connectivity index (χ3n) is 4.87. The molecule has 0 radical (unpaired) electrons. The Kier molecular flexibility index (Phi) is 6.32. The van der Waals surface area contributed by atoms with Gasteiger partial charge in [0, 0.05) is 22.5 Å². The van der Waals surface area contributed by atoms with Crippen LogP contribution in [-0.4, -0.2) is 36.2 Å². The zero-order valence-corrected chi connectivity index (χ0v) is 19.0. The van der Waals surface area contributed by atoms with Crippen LogP contribution in [0.5, 0.6) is 0 Å². The number of halogens is 3. The van der Waals surface area contributed by atoms with E-state index in [1.54, 1.807) is 23.6 Å². The summed E-state index contributed by atoms with van der Waals surface area (Å²) in [6, 6.07) is 8.71. The molecule has 0 spiro atoms. The summed E-state index contributed by atoms with van der Waals surface area (Å²) in [6.07, 6.45) is 0.926. The number of rotatable bonds is 5. The minimum Gasteiger partial charge on any atom is -0.301 e. The van der Waals surface area contributed by atoms with E-state index in [1.807, 2.05) is 0 Å². The summed E-state index contributed by atoms with van der Waals surface area (Å²) < 4.78 is 40.2. The van der Waals surface area contributed by atoms with Crippen molar-refractivity contribution in [3.8, 4) is 11.3 Å². The molecule has 1 unspecified atom stereocenters. The fraction of sp³-hybridized carbons (Fsp3) is 0.200. The lowest BCUT2D eigenvalue weighted by Gasteiger charge is -2.23. The number of carbonyl (C=O) groups is 1. The van der Waals surface area contributed by atoms with Crippen LogP contribution in [0.2, 0.25) is 10.0 Å². The van der Waals surface area contributed by atoms with Crippen LogP contribution in [0.25, 0.3) is 11.3 Å². The molecule has 1 amide bonds. The number of carbonyl (C=O) groups excluding carboxylic acids is 1. The number of nitrogens with zero attached hydrogens (tertiary/aromatic N) is 2. The molecule has 0 saturated carbocycles. The number of nitrogens with one attached hydrogen (secondary N) is 1. The van der Waals surface area contributed by atoms with Gasteiger partial charge in [-0.15, -0.1) is 11.3 Å².